The molecule has 1 aliphatic rings. The highest BCUT2D eigenvalue weighted by molar-refractivity contribution is 7.71. The number of aromatic nitrogens is 2. The van der Waals surface area contributed by atoms with Crippen molar-refractivity contribution < 1.29 is 24.5 Å². The van der Waals surface area contributed by atoms with Crippen LogP contribution in [0.1, 0.15) is 16.6 Å². The van der Waals surface area contributed by atoms with Crippen LogP contribution in [0.5, 0.6) is 0 Å². The minimum Gasteiger partial charge on any atom is -0.387 e. The third-order valence-electron chi connectivity index (χ3n) is 3.18. The molecule has 0 saturated carbocycles. The maximum atomic E-state index is 11.6. The molecule has 0 aliphatic carbocycles. The standard InChI is InChI=1S/C11H15N3O6S/c1-19-3-5-6(15)7(16)10(20-5)14-2-4(8(12)17)9(18)13-11(14)21/h2,5-7,10,15-16H,3H2,1H3,(H2,12,17)(H,13,18,21)/t5-,6-,7-,10-/m1/s1. The molecule has 5 N–H and O–H groups in total. The molecule has 0 bridgehead atoms. The van der Waals surface area contributed by atoms with Crippen LogP contribution in [-0.4, -0.2) is 57.7 Å². The van der Waals surface area contributed by atoms with Gasteiger partial charge >= 0.3 is 0 Å². The van der Waals surface area contributed by atoms with Crippen molar-refractivity contribution in [1.82, 2.24) is 9.55 Å². The van der Waals surface area contributed by atoms with Crippen LogP contribution in [0.15, 0.2) is 11.0 Å². The van der Waals surface area contributed by atoms with E-state index >= 15 is 0 Å². The van der Waals surface area contributed by atoms with Crippen LogP contribution in [0.25, 0.3) is 0 Å². The zero-order chi connectivity index (χ0) is 15.7. The lowest BCUT2D eigenvalue weighted by Gasteiger charge is -2.18. The molecule has 0 spiro atoms. The fourth-order valence-electron chi connectivity index (χ4n) is 2.11. The number of aliphatic hydroxyl groups excluding tert-OH is 2. The molecule has 1 saturated heterocycles. The number of amides is 1. The molecule has 2 heterocycles. The Balaban J connectivity index is 2.43. The normalized spacial score (nSPS) is 28.7. The van der Waals surface area contributed by atoms with Gasteiger partial charge in [0.2, 0.25) is 0 Å². The van der Waals surface area contributed by atoms with Crippen LogP contribution < -0.4 is 11.3 Å². The first-order valence-corrected chi connectivity index (χ1v) is 6.43. The molecule has 1 aromatic heterocycles. The molecule has 116 valence electrons. The van der Waals surface area contributed by atoms with Crippen LogP contribution in [0.3, 0.4) is 0 Å². The quantitative estimate of drug-likeness (QED) is 0.484. The Labute approximate surface area is 123 Å². The van der Waals surface area contributed by atoms with Gasteiger partial charge in [0.05, 0.1) is 6.61 Å². The zero-order valence-corrected chi connectivity index (χ0v) is 11.9. The van der Waals surface area contributed by atoms with Crippen molar-refractivity contribution in [2.45, 2.75) is 24.5 Å². The van der Waals surface area contributed by atoms with Gasteiger partial charge < -0.3 is 25.4 Å². The highest BCUT2D eigenvalue weighted by atomic mass is 32.1. The number of nitrogens with zero attached hydrogens (tertiary/aromatic N) is 1. The van der Waals surface area contributed by atoms with E-state index in [2.05, 4.69) is 4.98 Å². The predicted octanol–water partition coefficient (Wildman–Crippen LogP) is -1.73. The fourth-order valence-corrected chi connectivity index (χ4v) is 2.36. The maximum absolute atomic E-state index is 11.6. The molecule has 10 heteroatoms. The Morgan fingerprint density at radius 3 is 2.81 bits per heavy atom. The monoisotopic (exact) mass is 317 g/mol. The number of rotatable bonds is 4. The number of H-pyrrole nitrogens is 1. The number of primary amides is 1. The Hall–Kier alpha value is -1.59. The lowest BCUT2D eigenvalue weighted by molar-refractivity contribution is -0.0607. The fraction of sp³-hybridized carbons (Fsp3) is 0.545. The lowest BCUT2D eigenvalue weighted by atomic mass is 10.1. The molecule has 0 aromatic carbocycles. The van der Waals surface area contributed by atoms with Gasteiger partial charge in [-0.15, -0.1) is 0 Å². The minimum absolute atomic E-state index is 0.0636. The van der Waals surface area contributed by atoms with Gasteiger partial charge in [-0.3, -0.25) is 19.1 Å². The summed E-state index contributed by atoms with van der Waals surface area (Å²) in [7, 11) is 1.42. The van der Waals surface area contributed by atoms with Gasteiger partial charge in [0.1, 0.15) is 23.9 Å². The summed E-state index contributed by atoms with van der Waals surface area (Å²) in [4.78, 5) is 25.0. The third kappa shape index (κ3) is 2.89. The van der Waals surface area contributed by atoms with Gasteiger partial charge in [0.15, 0.2) is 11.0 Å². The van der Waals surface area contributed by atoms with Crippen molar-refractivity contribution in [3.05, 3.63) is 26.9 Å². The number of ether oxygens (including phenoxy) is 2. The molecule has 1 aliphatic heterocycles. The Kier molecular flexibility index (Phi) is 4.54. The summed E-state index contributed by atoms with van der Waals surface area (Å²) < 4.78 is 11.4. The van der Waals surface area contributed by atoms with Crippen molar-refractivity contribution in [3.63, 3.8) is 0 Å². The smallest absolute Gasteiger partial charge is 0.264 e. The number of carbonyl (C=O) groups excluding carboxylic acids is 1. The SMILES string of the molecule is COC[C@H]1O[C@@H](n2cc(C(N)=O)c(=O)[nH]c2=S)[C@H](O)[C@@H]1O. The molecule has 1 fully saturated rings. The molecule has 0 radical (unpaired) electrons. The summed E-state index contributed by atoms with van der Waals surface area (Å²) in [5.41, 5.74) is 4.03. The molecule has 9 nitrogen and oxygen atoms in total. The van der Waals surface area contributed by atoms with Gasteiger partial charge in [0, 0.05) is 13.3 Å². The zero-order valence-electron chi connectivity index (χ0n) is 11.1. The Bertz CT molecular complexity index is 656. The number of aromatic amines is 1. The highest BCUT2D eigenvalue weighted by Gasteiger charge is 2.43. The molecule has 2 rings (SSSR count). The first-order valence-electron chi connectivity index (χ1n) is 6.02. The van der Waals surface area contributed by atoms with Gasteiger partial charge in [-0.05, 0) is 12.2 Å². The van der Waals surface area contributed by atoms with Crippen LogP contribution in [0, 0.1) is 4.77 Å². The number of hydrogen-bond donors (Lipinski definition) is 4. The van der Waals surface area contributed by atoms with E-state index in [1.807, 2.05) is 0 Å². The molecule has 21 heavy (non-hydrogen) atoms. The van der Waals surface area contributed by atoms with Crippen molar-refractivity contribution in [2.75, 3.05) is 13.7 Å². The lowest BCUT2D eigenvalue weighted by Crippen LogP contribution is -2.34. The molecule has 1 amide bonds. The van der Waals surface area contributed by atoms with Crippen LogP contribution in [-0.2, 0) is 9.47 Å². The van der Waals surface area contributed by atoms with Crippen LogP contribution in [0.4, 0.5) is 0 Å². The summed E-state index contributed by atoms with van der Waals surface area (Å²) in [5, 5.41) is 19.9. The van der Waals surface area contributed by atoms with E-state index in [0.29, 0.717) is 0 Å². The number of methoxy groups -OCH3 is 1. The van der Waals surface area contributed by atoms with E-state index in [-0.39, 0.29) is 16.9 Å². The number of nitrogens with one attached hydrogen (secondary N) is 1. The van der Waals surface area contributed by atoms with Crippen molar-refractivity contribution in [3.8, 4) is 0 Å². The second kappa shape index (κ2) is 6.03. The van der Waals surface area contributed by atoms with E-state index in [1.54, 1.807) is 0 Å². The topological polar surface area (TPSA) is 140 Å². The average molecular weight is 317 g/mol. The van der Waals surface area contributed by atoms with E-state index in [0.717, 1.165) is 6.20 Å². The van der Waals surface area contributed by atoms with Crippen LogP contribution >= 0.6 is 12.2 Å². The van der Waals surface area contributed by atoms with Crippen molar-refractivity contribution >= 4 is 18.1 Å². The average Bonchev–Trinajstić information content (AvgIpc) is 2.67. The van der Waals surface area contributed by atoms with E-state index in [9.17, 15) is 19.8 Å². The first-order chi connectivity index (χ1) is 9.86. The minimum atomic E-state index is -1.30. The van der Waals surface area contributed by atoms with Gasteiger partial charge in [0.25, 0.3) is 11.5 Å². The summed E-state index contributed by atoms with van der Waals surface area (Å²) in [5.74, 6) is -0.943. The van der Waals surface area contributed by atoms with Crippen molar-refractivity contribution in [2.24, 2.45) is 5.73 Å². The van der Waals surface area contributed by atoms with E-state index < -0.39 is 36.0 Å². The molecule has 0 unspecified atom stereocenters. The maximum Gasteiger partial charge on any atom is 0.264 e. The van der Waals surface area contributed by atoms with E-state index in [1.165, 1.54) is 11.7 Å². The number of carbonyl (C=O) groups is 1. The summed E-state index contributed by atoms with van der Waals surface area (Å²) in [6, 6.07) is 0. The summed E-state index contributed by atoms with van der Waals surface area (Å²) >= 11 is 4.97. The first kappa shape index (κ1) is 15.8. The molecular formula is C11H15N3O6S. The summed E-state index contributed by atoms with van der Waals surface area (Å²) in [6.45, 7) is 0.0636. The van der Waals surface area contributed by atoms with E-state index in [4.69, 9.17) is 27.4 Å². The van der Waals surface area contributed by atoms with Gasteiger partial charge in [-0.2, -0.15) is 0 Å². The Morgan fingerprint density at radius 1 is 1.57 bits per heavy atom. The largest absolute Gasteiger partial charge is 0.387 e. The highest BCUT2D eigenvalue weighted by Crippen LogP contribution is 2.29. The molecular weight excluding hydrogens is 302 g/mol. The Morgan fingerprint density at radius 2 is 2.24 bits per heavy atom. The predicted molar refractivity (Wildman–Crippen MR) is 72.2 cm³/mol. The number of nitrogens with two attached hydrogens (primary N) is 1. The van der Waals surface area contributed by atoms with Crippen LogP contribution in [0.2, 0.25) is 0 Å². The molecule has 4 atom stereocenters. The number of hydrogen-bond acceptors (Lipinski definition) is 7. The van der Waals surface area contributed by atoms with Gasteiger partial charge in [-0.25, -0.2) is 0 Å². The number of aliphatic hydroxyl groups is 2. The second-order valence-electron chi connectivity index (χ2n) is 4.58. The second-order valence-corrected chi connectivity index (χ2v) is 4.96. The molecule has 1 aromatic rings. The van der Waals surface area contributed by atoms with Crippen molar-refractivity contribution in [1.29, 1.82) is 0 Å². The third-order valence-corrected chi connectivity index (χ3v) is 3.49. The van der Waals surface area contributed by atoms with Gasteiger partial charge in [-0.1, -0.05) is 0 Å². The summed E-state index contributed by atoms with van der Waals surface area (Å²) in [6.07, 6.45) is -3.23.